The maximum atomic E-state index is 6.68. The van der Waals surface area contributed by atoms with Crippen LogP contribution in [0.25, 0.3) is 0 Å². The second kappa shape index (κ2) is 3.75. The van der Waals surface area contributed by atoms with E-state index in [1.165, 1.54) is 36.8 Å². The van der Waals surface area contributed by atoms with Crippen LogP contribution in [0.2, 0.25) is 0 Å². The Morgan fingerprint density at radius 3 is 2.62 bits per heavy atom. The Kier molecular flexibility index (Phi) is 2.49. The highest BCUT2D eigenvalue weighted by atomic mass is 35.5. The largest absolute Gasteiger partial charge is 0.321 e. The maximum absolute atomic E-state index is 6.68. The molecule has 2 aliphatic carbocycles. The number of hydrogen-bond donors (Lipinski definition) is 1. The summed E-state index contributed by atoms with van der Waals surface area (Å²) in [6, 6.07) is 8.46. The first-order valence-corrected chi connectivity index (χ1v) is 6.68. The molecular formula is C14H18ClN. The Hall–Kier alpha value is -0.530. The zero-order valence-electron chi connectivity index (χ0n) is 9.45. The van der Waals surface area contributed by atoms with Gasteiger partial charge >= 0.3 is 0 Å². The molecule has 1 aromatic carbocycles. The Balaban J connectivity index is 2.04. The van der Waals surface area contributed by atoms with Crippen LogP contribution in [0.1, 0.15) is 48.6 Å². The lowest BCUT2D eigenvalue weighted by Gasteiger charge is -2.32. The average Bonchev–Trinajstić information content (AvgIpc) is 2.89. The minimum atomic E-state index is -0.153. The van der Waals surface area contributed by atoms with Crippen molar-refractivity contribution < 1.29 is 0 Å². The Morgan fingerprint density at radius 2 is 1.88 bits per heavy atom. The minimum Gasteiger partial charge on any atom is -0.321 e. The van der Waals surface area contributed by atoms with E-state index >= 15 is 0 Å². The van der Waals surface area contributed by atoms with Crippen LogP contribution in [-0.2, 0) is 5.54 Å². The summed E-state index contributed by atoms with van der Waals surface area (Å²) < 4.78 is 0. The number of hydrogen-bond acceptors (Lipinski definition) is 1. The molecule has 0 aromatic heterocycles. The summed E-state index contributed by atoms with van der Waals surface area (Å²) >= 11 is 6.43. The van der Waals surface area contributed by atoms with Gasteiger partial charge in [0.05, 0.1) is 5.38 Å². The van der Waals surface area contributed by atoms with Crippen molar-refractivity contribution in [3.05, 3.63) is 35.4 Å². The third-order valence-corrected chi connectivity index (χ3v) is 4.79. The fourth-order valence-corrected chi connectivity index (χ4v) is 3.98. The zero-order valence-corrected chi connectivity index (χ0v) is 10.2. The molecule has 1 fully saturated rings. The molecule has 3 rings (SSSR count). The molecule has 0 radical (unpaired) electrons. The summed E-state index contributed by atoms with van der Waals surface area (Å²) in [6.07, 6.45) is 6.12. The van der Waals surface area contributed by atoms with Crippen LogP contribution in [0.3, 0.4) is 0 Å². The molecule has 2 heteroatoms. The molecule has 0 bridgehead atoms. The number of fused-ring (bicyclic) bond motifs is 1. The summed E-state index contributed by atoms with van der Waals surface area (Å²) in [5.74, 6) is 0.636. The Bertz CT molecular complexity index is 397. The minimum absolute atomic E-state index is 0.113. The van der Waals surface area contributed by atoms with Gasteiger partial charge in [-0.25, -0.2) is 0 Å². The standard InChI is InChI=1S/C14H18ClN/c15-13-9-14(16,10-5-1-2-6-10)12-8-4-3-7-11(12)13/h3-4,7-8,10,13H,1-2,5-6,9,16H2. The van der Waals surface area contributed by atoms with Crippen LogP contribution in [0.15, 0.2) is 24.3 Å². The van der Waals surface area contributed by atoms with Gasteiger partial charge in [0.2, 0.25) is 0 Å². The summed E-state index contributed by atoms with van der Waals surface area (Å²) in [7, 11) is 0. The number of nitrogens with two attached hydrogens (primary N) is 1. The van der Waals surface area contributed by atoms with E-state index in [1.54, 1.807) is 0 Å². The molecule has 0 saturated heterocycles. The van der Waals surface area contributed by atoms with E-state index in [9.17, 15) is 0 Å². The van der Waals surface area contributed by atoms with Gasteiger partial charge in [-0.05, 0) is 36.3 Å². The quantitative estimate of drug-likeness (QED) is 0.738. The van der Waals surface area contributed by atoms with E-state index in [-0.39, 0.29) is 10.9 Å². The molecular weight excluding hydrogens is 218 g/mol. The molecule has 16 heavy (non-hydrogen) atoms. The van der Waals surface area contributed by atoms with E-state index in [0.29, 0.717) is 5.92 Å². The molecule has 0 amide bonds. The highest BCUT2D eigenvalue weighted by Gasteiger charge is 2.45. The first kappa shape index (κ1) is 10.6. The fourth-order valence-electron chi connectivity index (χ4n) is 3.54. The van der Waals surface area contributed by atoms with E-state index < -0.39 is 0 Å². The average molecular weight is 236 g/mol. The van der Waals surface area contributed by atoms with E-state index in [1.807, 2.05) is 0 Å². The molecule has 1 saturated carbocycles. The van der Waals surface area contributed by atoms with Gasteiger partial charge in [0, 0.05) is 5.54 Å². The van der Waals surface area contributed by atoms with Crippen molar-refractivity contribution in [2.45, 2.75) is 43.0 Å². The zero-order chi connectivity index (χ0) is 11.2. The highest BCUT2D eigenvalue weighted by molar-refractivity contribution is 6.21. The van der Waals surface area contributed by atoms with Gasteiger partial charge in [0.1, 0.15) is 0 Å². The van der Waals surface area contributed by atoms with Crippen LogP contribution >= 0.6 is 11.6 Å². The fraction of sp³-hybridized carbons (Fsp3) is 0.571. The van der Waals surface area contributed by atoms with Gasteiger partial charge in [0.15, 0.2) is 0 Å². The van der Waals surface area contributed by atoms with Crippen molar-refractivity contribution in [1.29, 1.82) is 0 Å². The van der Waals surface area contributed by atoms with Crippen molar-refractivity contribution in [2.75, 3.05) is 0 Å². The van der Waals surface area contributed by atoms with E-state index in [4.69, 9.17) is 17.3 Å². The van der Waals surface area contributed by atoms with Gasteiger partial charge in [-0.15, -0.1) is 11.6 Å². The number of halogens is 1. The third kappa shape index (κ3) is 1.42. The van der Waals surface area contributed by atoms with Gasteiger partial charge < -0.3 is 5.73 Å². The van der Waals surface area contributed by atoms with Crippen molar-refractivity contribution in [3.63, 3.8) is 0 Å². The van der Waals surface area contributed by atoms with Gasteiger partial charge in [-0.1, -0.05) is 37.1 Å². The molecule has 2 N–H and O–H groups in total. The van der Waals surface area contributed by atoms with Crippen molar-refractivity contribution in [3.8, 4) is 0 Å². The molecule has 2 aliphatic rings. The topological polar surface area (TPSA) is 26.0 Å². The van der Waals surface area contributed by atoms with Gasteiger partial charge in [0.25, 0.3) is 0 Å². The molecule has 0 spiro atoms. The summed E-state index contributed by atoms with van der Waals surface area (Å²) in [5.41, 5.74) is 9.10. The summed E-state index contributed by atoms with van der Waals surface area (Å²) in [6.45, 7) is 0. The third-order valence-electron chi connectivity index (χ3n) is 4.40. The second-order valence-corrected chi connectivity index (χ2v) is 5.81. The van der Waals surface area contributed by atoms with E-state index in [2.05, 4.69) is 24.3 Å². The highest BCUT2D eigenvalue weighted by Crippen LogP contribution is 2.52. The normalized spacial score (nSPS) is 34.2. The molecule has 0 heterocycles. The Labute approximate surface area is 102 Å². The molecule has 1 nitrogen and oxygen atoms in total. The summed E-state index contributed by atoms with van der Waals surface area (Å²) in [5, 5.41) is 0.113. The lowest BCUT2D eigenvalue weighted by atomic mass is 9.79. The molecule has 1 aromatic rings. The van der Waals surface area contributed by atoms with E-state index in [0.717, 1.165) is 6.42 Å². The first-order valence-electron chi connectivity index (χ1n) is 6.24. The molecule has 86 valence electrons. The summed E-state index contributed by atoms with van der Waals surface area (Å²) in [4.78, 5) is 0. The van der Waals surface area contributed by atoms with Crippen LogP contribution < -0.4 is 5.73 Å². The maximum Gasteiger partial charge on any atom is 0.0609 e. The first-order chi connectivity index (χ1) is 7.72. The van der Waals surface area contributed by atoms with Gasteiger partial charge in [-0.3, -0.25) is 0 Å². The van der Waals surface area contributed by atoms with Gasteiger partial charge in [-0.2, -0.15) is 0 Å². The predicted molar refractivity (Wildman–Crippen MR) is 67.5 cm³/mol. The van der Waals surface area contributed by atoms with Crippen molar-refractivity contribution in [2.24, 2.45) is 11.7 Å². The van der Waals surface area contributed by atoms with Crippen LogP contribution in [0.4, 0.5) is 0 Å². The van der Waals surface area contributed by atoms with Crippen molar-refractivity contribution in [1.82, 2.24) is 0 Å². The number of rotatable bonds is 1. The van der Waals surface area contributed by atoms with Crippen LogP contribution in [-0.4, -0.2) is 0 Å². The van der Waals surface area contributed by atoms with Crippen LogP contribution in [0, 0.1) is 5.92 Å². The van der Waals surface area contributed by atoms with Crippen LogP contribution in [0.5, 0.6) is 0 Å². The number of alkyl halides is 1. The molecule has 0 aliphatic heterocycles. The monoisotopic (exact) mass is 235 g/mol. The predicted octanol–water partition coefficient (Wildman–Crippen LogP) is 3.71. The molecule has 2 unspecified atom stereocenters. The second-order valence-electron chi connectivity index (χ2n) is 5.28. The van der Waals surface area contributed by atoms with Crippen molar-refractivity contribution >= 4 is 11.6 Å². The number of benzene rings is 1. The molecule has 2 atom stereocenters. The lowest BCUT2D eigenvalue weighted by Crippen LogP contribution is -2.41. The Morgan fingerprint density at radius 1 is 1.19 bits per heavy atom. The lowest BCUT2D eigenvalue weighted by molar-refractivity contribution is 0.276. The smallest absolute Gasteiger partial charge is 0.0609 e. The SMILES string of the molecule is NC1(C2CCCC2)CC(Cl)c2ccccc21.